The first-order chi connectivity index (χ1) is 8.41. The zero-order valence-electron chi connectivity index (χ0n) is 11.7. The lowest BCUT2D eigenvalue weighted by Gasteiger charge is -2.28. The second-order valence-electron chi connectivity index (χ2n) is 5.60. The minimum absolute atomic E-state index is 0. The van der Waals surface area contributed by atoms with Crippen LogP contribution in [0.2, 0.25) is 0 Å². The molecule has 5 nitrogen and oxygen atoms in total. The average Bonchev–Trinajstić information content (AvgIpc) is 2.28. The van der Waals surface area contributed by atoms with E-state index in [0.29, 0.717) is 6.42 Å². The van der Waals surface area contributed by atoms with Crippen molar-refractivity contribution in [1.82, 2.24) is 5.32 Å². The van der Waals surface area contributed by atoms with Gasteiger partial charge in [-0.25, -0.2) is 0 Å². The van der Waals surface area contributed by atoms with Gasteiger partial charge in [0.1, 0.15) is 6.04 Å². The molecule has 0 heterocycles. The molecule has 1 aliphatic rings. The van der Waals surface area contributed by atoms with Crippen LogP contribution in [0.25, 0.3) is 0 Å². The Bertz CT molecular complexity index is 310. The van der Waals surface area contributed by atoms with Crippen LogP contribution in [0.1, 0.15) is 46.0 Å². The van der Waals surface area contributed by atoms with Crippen molar-refractivity contribution in [3.05, 3.63) is 0 Å². The van der Waals surface area contributed by atoms with Gasteiger partial charge in [0, 0.05) is 12.5 Å². The molecule has 6 heteroatoms. The molecule has 1 fully saturated rings. The quantitative estimate of drug-likeness (QED) is 0.703. The van der Waals surface area contributed by atoms with Crippen molar-refractivity contribution in [3.8, 4) is 0 Å². The van der Waals surface area contributed by atoms with Crippen LogP contribution in [-0.2, 0) is 9.59 Å². The van der Waals surface area contributed by atoms with Gasteiger partial charge in [0.25, 0.3) is 0 Å². The van der Waals surface area contributed by atoms with E-state index in [1.807, 2.05) is 13.8 Å². The van der Waals surface area contributed by atoms with E-state index < -0.39 is 11.9 Å². The third-order valence-electron chi connectivity index (χ3n) is 3.71. The largest absolute Gasteiger partial charge is 0.368 e. The van der Waals surface area contributed by atoms with E-state index in [-0.39, 0.29) is 36.2 Å². The van der Waals surface area contributed by atoms with Crippen LogP contribution < -0.4 is 16.8 Å². The summed E-state index contributed by atoms with van der Waals surface area (Å²) < 4.78 is 0. The van der Waals surface area contributed by atoms with Gasteiger partial charge in [0.2, 0.25) is 11.8 Å². The van der Waals surface area contributed by atoms with Crippen molar-refractivity contribution in [1.29, 1.82) is 0 Å². The number of rotatable bonds is 5. The van der Waals surface area contributed by atoms with Gasteiger partial charge < -0.3 is 16.8 Å². The molecule has 0 aromatic carbocycles. The number of amides is 2. The van der Waals surface area contributed by atoms with Crippen LogP contribution in [-0.4, -0.2) is 23.9 Å². The molecule has 0 bridgehead atoms. The third-order valence-corrected chi connectivity index (χ3v) is 3.71. The van der Waals surface area contributed by atoms with Gasteiger partial charge in [-0.05, 0) is 24.7 Å². The van der Waals surface area contributed by atoms with E-state index >= 15 is 0 Å². The highest BCUT2D eigenvalue weighted by atomic mass is 35.5. The highest BCUT2D eigenvalue weighted by Gasteiger charge is 2.27. The zero-order valence-corrected chi connectivity index (χ0v) is 12.5. The summed E-state index contributed by atoms with van der Waals surface area (Å²) in [5.41, 5.74) is 11.3. The average molecular weight is 292 g/mol. The SMILES string of the molecule is CC(C)C(NC(=O)CC1CCCCC1N)C(N)=O.Cl. The van der Waals surface area contributed by atoms with Gasteiger partial charge in [-0.2, -0.15) is 0 Å². The van der Waals surface area contributed by atoms with E-state index in [1.54, 1.807) is 0 Å². The van der Waals surface area contributed by atoms with Gasteiger partial charge in [-0.1, -0.05) is 26.7 Å². The first-order valence-electron chi connectivity index (χ1n) is 6.76. The highest BCUT2D eigenvalue weighted by Crippen LogP contribution is 2.25. The maximum absolute atomic E-state index is 11.9. The van der Waals surface area contributed by atoms with Crippen LogP contribution in [0.4, 0.5) is 0 Å². The van der Waals surface area contributed by atoms with Gasteiger partial charge in [-0.15, -0.1) is 12.4 Å². The maximum Gasteiger partial charge on any atom is 0.240 e. The summed E-state index contributed by atoms with van der Waals surface area (Å²) in [4.78, 5) is 23.1. The van der Waals surface area contributed by atoms with Crippen LogP contribution in [0, 0.1) is 11.8 Å². The number of hydrogen-bond donors (Lipinski definition) is 3. The number of carbonyl (C=O) groups excluding carboxylic acids is 2. The number of primary amides is 1. The Morgan fingerprint density at radius 3 is 2.32 bits per heavy atom. The lowest BCUT2D eigenvalue weighted by atomic mass is 9.83. The normalized spacial score (nSPS) is 24.4. The standard InChI is InChI=1S/C13H25N3O2.ClH/c1-8(2)12(13(15)18)16-11(17)7-9-5-3-4-6-10(9)14;/h8-10,12H,3-7,14H2,1-2H3,(H2,15,18)(H,16,17);1H. The molecule has 0 spiro atoms. The van der Waals surface area contributed by atoms with E-state index in [2.05, 4.69) is 5.32 Å². The highest BCUT2D eigenvalue weighted by molar-refractivity contribution is 5.86. The Hall–Kier alpha value is -0.810. The summed E-state index contributed by atoms with van der Waals surface area (Å²) >= 11 is 0. The molecule has 0 radical (unpaired) electrons. The lowest BCUT2D eigenvalue weighted by Crippen LogP contribution is -2.48. The number of hydrogen-bond acceptors (Lipinski definition) is 3. The lowest BCUT2D eigenvalue weighted by molar-refractivity contribution is -0.129. The molecule has 0 aromatic heterocycles. The fourth-order valence-electron chi connectivity index (χ4n) is 2.53. The van der Waals surface area contributed by atoms with Crippen LogP contribution >= 0.6 is 12.4 Å². The Balaban J connectivity index is 0.00000324. The Labute approximate surface area is 121 Å². The summed E-state index contributed by atoms with van der Waals surface area (Å²) in [6.07, 6.45) is 4.67. The Morgan fingerprint density at radius 1 is 1.26 bits per heavy atom. The molecule has 0 aliphatic heterocycles. The topological polar surface area (TPSA) is 98.2 Å². The minimum Gasteiger partial charge on any atom is -0.368 e. The van der Waals surface area contributed by atoms with Crippen LogP contribution in [0.3, 0.4) is 0 Å². The molecular weight excluding hydrogens is 266 g/mol. The van der Waals surface area contributed by atoms with Crippen molar-refractivity contribution in [2.45, 2.75) is 58.0 Å². The minimum atomic E-state index is -0.586. The predicted octanol–water partition coefficient (Wildman–Crippen LogP) is 0.942. The predicted molar refractivity (Wildman–Crippen MR) is 77.8 cm³/mol. The molecular formula is C13H26ClN3O2. The molecule has 1 aliphatic carbocycles. The summed E-state index contributed by atoms with van der Waals surface area (Å²) in [7, 11) is 0. The van der Waals surface area contributed by atoms with Gasteiger partial charge in [0.05, 0.1) is 0 Å². The summed E-state index contributed by atoms with van der Waals surface area (Å²) in [5.74, 6) is -0.355. The van der Waals surface area contributed by atoms with E-state index in [1.165, 1.54) is 0 Å². The maximum atomic E-state index is 11.9. The van der Waals surface area contributed by atoms with E-state index in [0.717, 1.165) is 25.7 Å². The molecule has 3 atom stereocenters. The molecule has 3 unspecified atom stereocenters. The second-order valence-corrected chi connectivity index (χ2v) is 5.60. The zero-order chi connectivity index (χ0) is 13.7. The van der Waals surface area contributed by atoms with E-state index in [9.17, 15) is 9.59 Å². The molecule has 19 heavy (non-hydrogen) atoms. The van der Waals surface area contributed by atoms with Crippen LogP contribution in [0.15, 0.2) is 0 Å². The van der Waals surface area contributed by atoms with Crippen molar-refractivity contribution in [2.75, 3.05) is 0 Å². The fraction of sp³-hybridized carbons (Fsp3) is 0.846. The monoisotopic (exact) mass is 291 g/mol. The smallest absolute Gasteiger partial charge is 0.240 e. The van der Waals surface area contributed by atoms with Crippen molar-refractivity contribution >= 4 is 24.2 Å². The Kier molecular flexibility index (Phi) is 8.02. The number of halogens is 1. The second kappa shape index (κ2) is 8.38. The Morgan fingerprint density at radius 2 is 1.84 bits per heavy atom. The van der Waals surface area contributed by atoms with E-state index in [4.69, 9.17) is 11.5 Å². The molecule has 0 saturated heterocycles. The van der Waals surface area contributed by atoms with Gasteiger partial charge in [-0.3, -0.25) is 9.59 Å². The fourth-order valence-corrected chi connectivity index (χ4v) is 2.53. The molecule has 0 aromatic rings. The van der Waals surface area contributed by atoms with Crippen molar-refractivity contribution in [2.24, 2.45) is 23.3 Å². The van der Waals surface area contributed by atoms with Gasteiger partial charge >= 0.3 is 0 Å². The summed E-state index contributed by atoms with van der Waals surface area (Å²) in [6.45, 7) is 3.73. The molecule has 1 saturated carbocycles. The molecule has 5 N–H and O–H groups in total. The van der Waals surface area contributed by atoms with Crippen molar-refractivity contribution in [3.63, 3.8) is 0 Å². The van der Waals surface area contributed by atoms with Crippen molar-refractivity contribution < 1.29 is 9.59 Å². The number of nitrogens with one attached hydrogen (secondary N) is 1. The molecule has 112 valence electrons. The number of carbonyl (C=O) groups is 2. The number of nitrogens with two attached hydrogens (primary N) is 2. The summed E-state index contributed by atoms with van der Waals surface area (Å²) in [6, 6.07) is -0.479. The summed E-state index contributed by atoms with van der Waals surface area (Å²) in [5, 5.41) is 2.71. The molecule has 2 amide bonds. The molecule has 1 rings (SSSR count). The van der Waals surface area contributed by atoms with Gasteiger partial charge in [0.15, 0.2) is 0 Å². The first kappa shape index (κ1) is 18.2. The van der Waals surface area contributed by atoms with Crippen LogP contribution in [0.5, 0.6) is 0 Å². The first-order valence-corrected chi connectivity index (χ1v) is 6.76. The third kappa shape index (κ3) is 5.78.